The number of hydrogen-bond donors (Lipinski definition) is 0. The molecule has 1 unspecified atom stereocenters. The van der Waals surface area contributed by atoms with Crippen molar-refractivity contribution in [3.63, 3.8) is 0 Å². The van der Waals surface area contributed by atoms with E-state index in [2.05, 4.69) is 27.7 Å². The van der Waals surface area contributed by atoms with E-state index in [4.69, 9.17) is 4.74 Å². The van der Waals surface area contributed by atoms with Gasteiger partial charge in [0.25, 0.3) is 0 Å². The fourth-order valence-corrected chi connectivity index (χ4v) is 2.65. The van der Waals surface area contributed by atoms with Crippen LogP contribution in [0.2, 0.25) is 0 Å². The quantitative estimate of drug-likeness (QED) is 0.407. The van der Waals surface area contributed by atoms with Crippen LogP contribution in [0.25, 0.3) is 0 Å². The largest absolute Gasteiger partial charge is 0.465 e. The van der Waals surface area contributed by atoms with Gasteiger partial charge in [0.2, 0.25) is 0 Å². The summed E-state index contributed by atoms with van der Waals surface area (Å²) >= 11 is 0. The summed E-state index contributed by atoms with van der Waals surface area (Å²) in [4.78, 5) is 22.6. The van der Waals surface area contributed by atoms with Gasteiger partial charge in [0.1, 0.15) is 12.2 Å². The predicted octanol–water partition coefficient (Wildman–Crippen LogP) is 2.05. The summed E-state index contributed by atoms with van der Waals surface area (Å²) in [7, 11) is 0. The van der Waals surface area contributed by atoms with E-state index >= 15 is 0 Å². The average Bonchev–Trinajstić information content (AvgIpc) is 2.50. The second-order valence-electron chi connectivity index (χ2n) is 5.33. The van der Waals surface area contributed by atoms with Gasteiger partial charge in [-0.3, -0.25) is 4.79 Å². The Hall–Kier alpha value is -0.860. The van der Waals surface area contributed by atoms with Crippen molar-refractivity contribution in [2.45, 2.75) is 34.6 Å². The lowest BCUT2D eigenvalue weighted by Crippen LogP contribution is -2.23. The first kappa shape index (κ1) is 12.2. The fraction of sp³-hybridized carbons (Fsp3) is 0.833. The second kappa shape index (κ2) is 3.62. The molecule has 0 aliphatic heterocycles. The van der Waals surface area contributed by atoms with Crippen molar-refractivity contribution in [1.29, 1.82) is 0 Å². The zero-order chi connectivity index (χ0) is 11.9. The minimum atomic E-state index is -0.602. The standard InChI is InChI=1S/C12H20O3/c1-6-15-10(14)8(7-13)9-11(2,3)12(9,4)5/h7-9H,6H2,1-5H3. The van der Waals surface area contributed by atoms with E-state index in [0.717, 1.165) is 6.29 Å². The lowest BCUT2D eigenvalue weighted by molar-refractivity contribution is -0.150. The molecule has 1 aliphatic carbocycles. The molecule has 0 aromatic rings. The molecule has 1 atom stereocenters. The molecular weight excluding hydrogens is 192 g/mol. The first-order valence-corrected chi connectivity index (χ1v) is 5.42. The van der Waals surface area contributed by atoms with Gasteiger partial charge in [-0.15, -0.1) is 0 Å². The van der Waals surface area contributed by atoms with Gasteiger partial charge in [0, 0.05) is 0 Å². The fourth-order valence-electron chi connectivity index (χ4n) is 2.65. The highest BCUT2D eigenvalue weighted by Gasteiger charge is 2.68. The van der Waals surface area contributed by atoms with E-state index in [9.17, 15) is 9.59 Å². The number of aldehydes is 1. The van der Waals surface area contributed by atoms with Crippen LogP contribution < -0.4 is 0 Å². The first-order chi connectivity index (χ1) is 6.80. The van der Waals surface area contributed by atoms with Crippen LogP contribution in [0, 0.1) is 22.7 Å². The van der Waals surface area contributed by atoms with Crippen LogP contribution in [0.1, 0.15) is 34.6 Å². The van der Waals surface area contributed by atoms with E-state index < -0.39 is 5.92 Å². The number of carbonyl (C=O) groups excluding carboxylic acids is 2. The maximum atomic E-state index is 11.6. The van der Waals surface area contributed by atoms with Crippen molar-refractivity contribution in [2.24, 2.45) is 22.7 Å². The molecule has 1 fully saturated rings. The summed E-state index contributed by atoms with van der Waals surface area (Å²) in [6.45, 7) is 10.4. The Morgan fingerprint density at radius 1 is 1.33 bits per heavy atom. The van der Waals surface area contributed by atoms with Gasteiger partial charge in [-0.1, -0.05) is 27.7 Å². The molecule has 0 bridgehead atoms. The van der Waals surface area contributed by atoms with E-state index in [-0.39, 0.29) is 22.7 Å². The van der Waals surface area contributed by atoms with Crippen LogP contribution in [-0.2, 0) is 14.3 Å². The second-order valence-corrected chi connectivity index (χ2v) is 5.33. The van der Waals surface area contributed by atoms with Gasteiger partial charge in [0.15, 0.2) is 0 Å². The van der Waals surface area contributed by atoms with Crippen molar-refractivity contribution in [1.82, 2.24) is 0 Å². The van der Waals surface area contributed by atoms with Gasteiger partial charge in [0.05, 0.1) is 6.61 Å². The Bertz CT molecular complexity index is 265. The molecule has 0 amide bonds. The molecule has 0 N–H and O–H groups in total. The number of rotatable bonds is 4. The third-order valence-electron chi connectivity index (χ3n) is 4.20. The summed E-state index contributed by atoms with van der Waals surface area (Å²) in [5, 5.41) is 0. The van der Waals surface area contributed by atoms with Crippen molar-refractivity contribution >= 4 is 12.3 Å². The van der Waals surface area contributed by atoms with Crippen molar-refractivity contribution < 1.29 is 14.3 Å². The summed E-state index contributed by atoms with van der Waals surface area (Å²) < 4.78 is 4.91. The molecular formula is C12H20O3. The van der Waals surface area contributed by atoms with E-state index in [1.54, 1.807) is 6.92 Å². The zero-order valence-corrected chi connectivity index (χ0v) is 10.2. The van der Waals surface area contributed by atoms with E-state index in [0.29, 0.717) is 6.61 Å². The van der Waals surface area contributed by atoms with Crippen molar-refractivity contribution in [2.75, 3.05) is 6.61 Å². The molecule has 3 nitrogen and oxygen atoms in total. The Morgan fingerprint density at radius 2 is 1.80 bits per heavy atom. The molecule has 1 saturated carbocycles. The van der Waals surface area contributed by atoms with Gasteiger partial charge in [-0.25, -0.2) is 0 Å². The van der Waals surface area contributed by atoms with Crippen LogP contribution in [0.3, 0.4) is 0 Å². The summed E-state index contributed by atoms with van der Waals surface area (Å²) in [6, 6.07) is 0. The molecule has 0 aromatic heterocycles. The topological polar surface area (TPSA) is 43.4 Å². The molecule has 0 radical (unpaired) electrons. The third kappa shape index (κ3) is 1.68. The SMILES string of the molecule is CCOC(=O)C(C=O)C1C(C)(C)C1(C)C. The Labute approximate surface area is 91.2 Å². The highest BCUT2D eigenvalue weighted by molar-refractivity contribution is 5.89. The maximum Gasteiger partial charge on any atom is 0.316 e. The lowest BCUT2D eigenvalue weighted by atomic mass is 9.98. The Balaban J connectivity index is 2.79. The van der Waals surface area contributed by atoms with Gasteiger partial charge >= 0.3 is 5.97 Å². The Kier molecular flexibility index (Phi) is 2.94. The molecule has 1 aliphatic rings. The van der Waals surface area contributed by atoms with E-state index in [1.807, 2.05) is 0 Å². The first-order valence-electron chi connectivity index (χ1n) is 5.42. The molecule has 15 heavy (non-hydrogen) atoms. The number of esters is 1. The summed E-state index contributed by atoms with van der Waals surface area (Å²) in [5.74, 6) is -0.882. The monoisotopic (exact) mass is 212 g/mol. The minimum Gasteiger partial charge on any atom is -0.465 e. The Morgan fingerprint density at radius 3 is 2.07 bits per heavy atom. The predicted molar refractivity (Wildman–Crippen MR) is 57.2 cm³/mol. The lowest BCUT2D eigenvalue weighted by Gasteiger charge is -2.10. The van der Waals surface area contributed by atoms with Gasteiger partial charge < -0.3 is 9.53 Å². The third-order valence-corrected chi connectivity index (χ3v) is 4.20. The smallest absolute Gasteiger partial charge is 0.316 e. The van der Waals surface area contributed by atoms with E-state index in [1.165, 1.54) is 0 Å². The van der Waals surface area contributed by atoms with Crippen LogP contribution in [0.15, 0.2) is 0 Å². The molecule has 1 rings (SSSR count). The van der Waals surface area contributed by atoms with Crippen molar-refractivity contribution in [3.05, 3.63) is 0 Å². The molecule has 0 spiro atoms. The average molecular weight is 212 g/mol. The normalized spacial score (nSPS) is 24.3. The number of hydrogen-bond acceptors (Lipinski definition) is 3. The number of carbonyl (C=O) groups is 2. The highest BCUT2D eigenvalue weighted by Crippen LogP contribution is 2.70. The van der Waals surface area contributed by atoms with Crippen LogP contribution in [0.4, 0.5) is 0 Å². The molecule has 0 heterocycles. The van der Waals surface area contributed by atoms with Crippen LogP contribution >= 0.6 is 0 Å². The minimum absolute atomic E-state index is 0.0331. The summed E-state index contributed by atoms with van der Waals surface area (Å²) in [5.41, 5.74) is 0.0661. The van der Waals surface area contributed by atoms with Gasteiger partial charge in [-0.2, -0.15) is 0 Å². The zero-order valence-electron chi connectivity index (χ0n) is 10.2. The van der Waals surface area contributed by atoms with Gasteiger partial charge in [-0.05, 0) is 23.7 Å². The molecule has 3 heteroatoms. The van der Waals surface area contributed by atoms with Crippen molar-refractivity contribution in [3.8, 4) is 0 Å². The van der Waals surface area contributed by atoms with Crippen LogP contribution in [0.5, 0.6) is 0 Å². The number of ether oxygens (including phenoxy) is 1. The molecule has 0 aromatic carbocycles. The highest BCUT2D eigenvalue weighted by atomic mass is 16.5. The summed E-state index contributed by atoms with van der Waals surface area (Å²) in [6.07, 6.45) is 0.735. The molecule has 0 saturated heterocycles. The maximum absolute atomic E-state index is 11.6. The van der Waals surface area contributed by atoms with Crippen LogP contribution in [-0.4, -0.2) is 18.9 Å². The molecule has 86 valence electrons.